The summed E-state index contributed by atoms with van der Waals surface area (Å²) in [5.74, 6) is 0.212. The van der Waals surface area contributed by atoms with Crippen LogP contribution in [0.2, 0.25) is 0 Å². The highest BCUT2D eigenvalue weighted by atomic mass is 32.2. The maximum absolute atomic E-state index is 14.2. The Hall–Kier alpha value is -3.01. The number of halogens is 1. The zero-order valence-corrected chi connectivity index (χ0v) is 21.7. The molecule has 1 saturated carbocycles. The lowest BCUT2D eigenvalue weighted by molar-refractivity contribution is 0.404. The van der Waals surface area contributed by atoms with Gasteiger partial charge in [0.05, 0.1) is 28.3 Å². The molecule has 0 saturated heterocycles. The lowest BCUT2D eigenvalue weighted by Crippen LogP contribution is -2.34. The summed E-state index contributed by atoms with van der Waals surface area (Å²) in [6.07, 6.45) is 4.12. The SMILES string of the molecule is COP1(=O)N=C(c2c(C)c3cc(F)ccc3n(CCC3CC3)c2=O)Nc2ccc(NS(C)(=O)=O)cc21. The lowest BCUT2D eigenvalue weighted by atomic mass is 10.0. The molecule has 0 radical (unpaired) electrons. The third-order valence-corrected chi connectivity index (χ3v) is 9.06. The van der Waals surface area contributed by atoms with Crippen LogP contribution in [0.5, 0.6) is 0 Å². The molecule has 2 aromatic carbocycles. The molecular formula is C24H26FN4O5PS. The van der Waals surface area contributed by atoms with E-state index in [4.69, 9.17) is 4.52 Å². The van der Waals surface area contributed by atoms with Crippen LogP contribution in [0.3, 0.4) is 0 Å². The highest BCUT2D eigenvalue weighted by molar-refractivity contribution is 7.92. The van der Waals surface area contributed by atoms with Crippen molar-refractivity contribution in [3.05, 3.63) is 63.7 Å². The van der Waals surface area contributed by atoms with Crippen LogP contribution >= 0.6 is 7.52 Å². The second-order valence-corrected chi connectivity index (χ2v) is 13.1. The topological polar surface area (TPSA) is 119 Å². The van der Waals surface area contributed by atoms with Crippen molar-refractivity contribution in [1.82, 2.24) is 4.57 Å². The molecule has 0 spiro atoms. The third-order valence-electron chi connectivity index (χ3n) is 6.52. The molecule has 0 bridgehead atoms. The van der Waals surface area contributed by atoms with Crippen molar-refractivity contribution < 1.29 is 21.9 Å². The molecule has 2 aliphatic rings. The van der Waals surface area contributed by atoms with Crippen molar-refractivity contribution in [2.24, 2.45) is 10.7 Å². The maximum atomic E-state index is 14.2. The molecule has 1 aromatic heterocycles. The predicted octanol–water partition coefficient (Wildman–Crippen LogP) is 3.96. The molecule has 12 heteroatoms. The second-order valence-electron chi connectivity index (χ2n) is 9.23. The van der Waals surface area contributed by atoms with Gasteiger partial charge in [0.25, 0.3) is 5.56 Å². The van der Waals surface area contributed by atoms with Gasteiger partial charge in [0.1, 0.15) is 11.7 Å². The first kappa shape index (κ1) is 24.7. The summed E-state index contributed by atoms with van der Waals surface area (Å²) in [7, 11) is -6.20. The number of nitrogens with one attached hydrogen (secondary N) is 2. The summed E-state index contributed by atoms with van der Waals surface area (Å²) in [5, 5.41) is 3.80. The Balaban J connectivity index is 1.68. The first-order valence-corrected chi connectivity index (χ1v) is 14.9. The van der Waals surface area contributed by atoms with Gasteiger partial charge in [-0.25, -0.2) is 12.8 Å². The van der Waals surface area contributed by atoms with Gasteiger partial charge in [0.15, 0.2) is 0 Å². The molecule has 2 heterocycles. The van der Waals surface area contributed by atoms with Gasteiger partial charge in [0, 0.05) is 24.7 Å². The second kappa shape index (κ2) is 8.83. The fourth-order valence-corrected chi connectivity index (χ4v) is 6.63. The van der Waals surface area contributed by atoms with Crippen molar-refractivity contribution in [3.8, 4) is 0 Å². The molecule has 5 rings (SSSR count). The average molecular weight is 533 g/mol. The van der Waals surface area contributed by atoms with Crippen molar-refractivity contribution in [1.29, 1.82) is 0 Å². The monoisotopic (exact) mass is 532 g/mol. The molecule has 1 unspecified atom stereocenters. The zero-order chi connectivity index (χ0) is 25.8. The van der Waals surface area contributed by atoms with Crippen LogP contribution in [0.4, 0.5) is 15.8 Å². The van der Waals surface area contributed by atoms with Crippen LogP contribution in [-0.2, 0) is 25.7 Å². The zero-order valence-electron chi connectivity index (χ0n) is 20.0. The van der Waals surface area contributed by atoms with Gasteiger partial charge < -0.3 is 14.4 Å². The van der Waals surface area contributed by atoms with E-state index < -0.39 is 23.4 Å². The van der Waals surface area contributed by atoms with Crippen molar-refractivity contribution >= 4 is 51.0 Å². The first-order valence-electron chi connectivity index (χ1n) is 11.5. The quantitative estimate of drug-likeness (QED) is 0.445. The molecule has 9 nitrogen and oxygen atoms in total. The molecule has 3 aromatic rings. The van der Waals surface area contributed by atoms with Crippen LogP contribution < -0.4 is 20.9 Å². The van der Waals surface area contributed by atoms with Crippen LogP contribution in [0.1, 0.15) is 30.4 Å². The van der Waals surface area contributed by atoms with Gasteiger partial charge in [0.2, 0.25) is 10.0 Å². The number of hydrogen-bond donors (Lipinski definition) is 2. The van der Waals surface area contributed by atoms with E-state index in [9.17, 15) is 22.2 Å². The van der Waals surface area contributed by atoms with Gasteiger partial charge in [-0.3, -0.25) is 14.1 Å². The Morgan fingerprint density at radius 3 is 2.67 bits per heavy atom. The third kappa shape index (κ3) is 4.58. The number of aryl methyl sites for hydroxylation is 2. The van der Waals surface area contributed by atoms with Gasteiger partial charge >= 0.3 is 7.52 Å². The number of amidine groups is 1. The smallest absolute Gasteiger partial charge is 0.339 e. The lowest BCUT2D eigenvalue weighted by Gasteiger charge is -2.26. The summed E-state index contributed by atoms with van der Waals surface area (Å²) in [5.41, 5.74) is 1.57. The van der Waals surface area contributed by atoms with E-state index in [1.54, 1.807) is 23.6 Å². The summed E-state index contributed by atoms with van der Waals surface area (Å²) in [6, 6.07) is 8.78. The number of sulfonamides is 1. The fourth-order valence-electron chi connectivity index (χ4n) is 4.54. The number of benzene rings is 2. The minimum absolute atomic E-state index is 0.0605. The Morgan fingerprint density at radius 2 is 2.00 bits per heavy atom. The summed E-state index contributed by atoms with van der Waals surface area (Å²) < 4.78 is 65.0. The van der Waals surface area contributed by atoms with E-state index in [1.807, 2.05) is 0 Å². The van der Waals surface area contributed by atoms with Gasteiger partial charge in [-0.1, -0.05) is 12.8 Å². The Bertz CT molecular complexity index is 1650. The number of aromatic nitrogens is 1. The Kier molecular flexibility index (Phi) is 6.05. The van der Waals surface area contributed by atoms with E-state index in [2.05, 4.69) is 14.8 Å². The molecule has 190 valence electrons. The van der Waals surface area contributed by atoms with Crippen molar-refractivity contribution in [2.75, 3.05) is 23.4 Å². The van der Waals surface area contributed by atoms with Crippen LogP contribution in [0, 0.1) is 18.7 Å². The fraction of sp³-hybridized carbons (Fsp3) is 0.333. The summed E-state index contributed by atoms with van der Waals surface area (Å²) in [4.78, 5) is 13.8. The number of pyridine rings is 1. The highest BCUT2D eigenvalue weighted by Crippen LogP contribution is 2.51. The van der Waals surface area contributed by atoms with Crippen molar-refractivity contribution in [3.63, 3.8) is 0 Å². The molecule has 2 N–H and O–H groups in total. The highest BCUT2D eigenvalue weighted by Gasteiger charge is 2.35. The van der Waals surface area contributed by atoms with Crippen molar-refractivity contribution in [2.45, 2.75) is 32.7 Å². The Labute approximate surface area is 208 Å². The minimum atomic E-state index is -3.88. The maximum Gasteiger partial charge on any atom is 0.348 e. The van der Waals surface area contributed by atoms with Gasteiger partial charge in [-0.05, 0) is 61.2 Å². The molecular weight excluding hydrogens is 506 g/mol. The summed E-state index contributed by atoms with van der Waals surface area (Å²) >= 11 is 0. The van der Waals surface area contributed by atoms with Crippen LogP contribution in [0.15, 0.2) is 46.0 Å². The number of nitrogens with zero attached hydrogens (tertiary/aromatic N) is 2. The number of anilines is 2. The number of hydrogen-bond acceptors (Lipinski definition) is 6. The number of rotatable bonds is 7. The standard InChI is InChI=1S/C24H26FN4O5PS/c1-14-18-12-16(25)6-9-20(18)29(11-10-15-4-5-15)24(30)22(14)23-26-19-8-7-17(28-36(3,32)33)13-21(19)35(31,27-23)34-2/h6-9,12-13,15,28H,4-5,10-11H2,1-3H3,(H,26,27,31). The first-order chi connectivity index (χ1) is 17.0. The van der Waals surface area contributed by atoms with Gasteiger partial charge in [-0.2, -0.15) is 4.76 Å². The van der Waals surface area contributed by atoms with E-state index in [0.29, 0.717) is 34.6 Å². The van der Waals surface area contributed by atoms with E-state index in [-0.39, 0.29) is 28.0 Å². The molecule has 1 fully saturated rings. The van der Waals surface area contributed by atoms with E-state index in [0.717, 1.165) is 25.5 Å². The predicted molar refractivity (Wildman–Crippen MR) is 140 cm³/mol. The molecule has 1 aliphatic heterocycles. The van der Waals surface area contributed by atoms with E-state index in [1.165, 1.54) is 31.4 Å². The Morgan fingerprint density at radius 1 is 1.25 bits per heavy atom. The van der Waals surface area contributed by atoms with Crippen LogP contribution in [0.25, 0.3) is 10.9 Å². The normalized spacial score (nSPS) is 19.5. The van der Waals surface area contributed by atoms with Gasteiger partial charge in [-0.15, -0.1) is 0 Å². The number of fused-ring (bicyclic) bond motifs is 2. The summed E-state index contributed by atoms with van der Waals surface area (Å²) in [6.45, 7) is 2.19. The molecule has 36 heavy (non-hydrogen) atoms. The van der Waals surface area contributed by atoms with Crippen LogP contribution in [-0.4, -0.2) is 32.2 Å². The molecule has 0 amide bonds. The van der Waals surface area contributed by atoms with E-state index >= 15 is 0 Å². The molecule has 1 aliphatic carbocycles. The molecule has 1 atom stereocenters. The largest absolute Gasteiger partial charge is 0.348 e. The minimum Gasteiger partial charge on any atom is -0.339 e. The average Bonchev–Trinajstić information content (AvgIpc) is 3.63.